The summed E-state index contributed by atoms with van der Waals surface area (Å²) in [6.45, 7) is 1.94. The summed E-state index contributed by atoms with van der Waals surface area (Å²) in [4.78, 5) is 21.2. The van der Waals surface area contributed by atoms with Crippen molar-refractivity contribution in [2.45, 2.75) is 26.1 Å². The fourth-order valence-corrected chi connectivity index (χ4v) is 3.18. The molecule has 2 heterocycles. The number of hydrogen-bond acceptors (Lipinski definition) is 4. The standard InChI is InChI=1S/C22H23N5O2/c28-22(24-11-6-13-26-14-12-23-17-26)15-27-20-10-5-4-9-19(20)25-21(27)16-29-18-7-2-1-3-8-18/h1-5,7-10,12,14,17H,6,11,13,15-16H2,(H,24,28). The number of fused-ring (bicyclic) bond motifs is 1. The van der Waals surface area contributed by atoms with Crippen LogP contribution in [0.2, 0.25) is 0 Å². The third-order valence-corrected chi connectivity index (χ3v) is 4.62. The van der Waals surface area contributed by atoms with Crippen molar-refractivity contribution in [2.24, 2.45) is 0 Å². The van der Waals surface area contributed by atoms with Gasteiger partial charge in [0.15, 0.2) is 0 Å². The van der Waals surface area contributed by atoms with Crippen molar-refractivity contribution < 1.29 is 9.53 Å². The van der Waals surface area contributed by atoms with Crippen LogP contribution in [0.5, 0.6) is 5.75 Å². The highest BCUT2D eigenvalue weighted by Crippen LogP contribution is 2.18. The quantitative estimate of drug-likeness (QED) is 0.447. The fourth-order valence-electron chi connectivity index (χ4n) is 3.18. The second-order valence-corrected chi connectivity index (χ2v) is 6.71. The van der Waals surface area contributed by atoms with Gasteiger partial charge in [-0.25, -0.2) is 9.97 Å². The summed E-state index contributed by atoms with van der Waals surface area (Å²) in [6, 6.07) is 17.4. The predicted molar refractivity (Wildman–Crippen MR) is 110 cm³/mol. The number of benzene rings is 2. The minimum Gasteiger partial charge on any atom is -0.486 e. The van der Waals surface area contributed by atoms with Crippen molar-refractivity contribution in [1.82, 2.24) is 24.4 Å². The first-order valence-electron chi connectivity index (χ1n) is 9.64. The minimum atomic E-state index is -0.0419. The van der Waals surface area contributed by atoms with Crippen molar-refractivity contribution in [3.63, 3.8) is 0 Å². The Morgan fingerprint density at radius 1 is 1.07 bits per heavy atom. The van der Waals surface area contributed by atoms with Gasteiger partial charge in [0.25, 0.3) is 0 Å². The molecule has 0 radical (unpaired) electrons. The number of ether oxygens (including phenoxy) is 1. The number of amides is 1. The van der Waals surface area contributed by atoms with E-state index in [4.69, 9.17) is 4.74 Å². The normalized spacial score (nSPS) is 10.9. The molecular weight excluding hydrogens is 366 g/mol. The van der Waals surface area contributed by atoms with E-state index in [1.165, 1.54) is 0 Å². The summed E-state index contributed by atoms with van der Waals surface area (Å²) < 4.78 is 9.77. The molecule has 7 nitrogen and oxygen atoms in total. The largest absolute Gasteiger partial charge is 0.486 e. The van der Waals surface area contributed by atoms with Crippen LogP contribution in [0.15, 0.2) is 73.3 Å². The number of rotatable bonds is 9. The molecule has 0 aliphatic carbocycles. The van der Waals surface area contributed by atoms with E-state index in [-0.39, 0.29) is 12.5 Å². The van der Waals surface area contributed by atoms with Crippen molar-refractivity contribution in [3.8, 4) is 5.75 Å². The molecule has 0 saturated carbocycles. The van der Waals surface area contributed by atoms with Gasteiger partial charge in [-0.1, -0.05) is 30.3 Å². The summed E-state index contributed by atoms with van der Waals surface area (Å²) >= 11 is 0. The van der Waals surface area contributed by atoms with E-state index in [2.05, 4.69) is 15.3 Å². The van der Waals surface area contributed by atoms with Crippen molar-refractivity contribution in [1.29, 1.82) is 0 Å². The Hall–Kier alpha value is -3.61. The molecule has 2 aromatic heterocycles. The van der Waals surface area contributed by atoms with Gasteiger partial charge in [-0.05, 0) is 30.7 Å². The maximum absolute atomic E-state index is 12.5. The SMILES string of the molecule is O=C(Cn1c(COc2ccccc2)nc2ccccc21)NCCCn1ccnc1. The zero-order valence-corrected chi connectivity index (χ0v) is 16.1. The summed E-state index contributed by atoms with van der Waals surface area (Å²) in [5.74, 6) is 1.46. The molecule has 29 heavy (non-hydrogen) atoms. The summed E-state index contributed by atoms with van der Waals surface area (Å²) in [6.07, 6.45) is 6.29. The molecule has 0 saturated heterocycles. The third kappa shape index (κ3) is 4.82. The van der Waals surface area contributed by atoms with Gasteiger partial charge >= 0.3 is 0 Å². The second kappa shape index (κ2) is 9.05. The van der Waals surface area contributed by atoms with Gasteiger partial charge < -0.3 is 19.2 Å². The maximum atomic E-state index is 12.5. The van der Waals surface area contributed by atoms with E-state index in [0.29, 0.717) is 13.2 Å². The van der Waals surface area contributed by atoms with Gasteiger partial charge in [-0.3, -0.25) is 4.79 Å². The topological polar surface area (TPSA) is 74.0 Å². The Morgan fingerprint density at radius 2 is 1.90 bits per heavy atom. The van der Waals surface area contributed by atoms with E-state index in [1.54, 1.807) is 12.5 Å². The summed E-state index contributed by atoms with van der Waals surface area (Å²) in [7, 11) is 0. The molecule has 1 amide bonds. The Balaban J connectivity index is 1.40. The van der Waals surface area contributed by atoms with Crippen molar-refractivity contribution in [2.75, 3.05) is 6.54 Å². The number of imidazole rings is 2. The maximum Gasteiger partial charge on any atom is 0.240 e. The molecule has 0 aliphatic heterocycles. The molecule has 0 aliphatic rings. The number of hydrogen-bond donors (Lipinski definition) is 1. The van der Waals surface area contributed by atoms with Crippen LogP contribution in [0.4, 0.5) is 0 Å². The zero-order chi connectivity index (χ0) is 19.9. The highest BCUT2D eigenvalue weighted by atomic mass is 16.5. The third-order valence-electron chi connectivity index (χ3n) is 4.62. The number of carbonyl (C=O) groups excluding carboxylic acids is 1. The number of aryl methyl sites for hydroxylation is 1. The van der Waals surface area contributed by atoms with Gasteiger partial charge in [0, 0.05) is 25.5 Å². The minimum absolute atomic E-state index is 0.0419. The molecule has 0 bridgehead atoms. The van der Waals surface area contributed by atoms with E-state index in [9.17, 15) is 4.79 Å². The molecule has 148 valence electrons. The predicted octanol–water partition coefficient (Wildman–Crippen LogP) is 3.02. The molecule has 0 fully saturated rings. The monoisotopic (exact) mass is 389 g/mol. The number of para-hydroxylation sites is 3. The Kier molecular flexibility index (Phi) is 5.85. The first-order chi connectivity index (χ1) is 14.3. The molecule has 2 aromatic carbocycles. The highest BCUT2D eigenvalue weighted by Gasteiger charge is 2.14. The molecule has 7 heteroatoms. The van der Waals surface area contributed by atoms with Crippen LogP contribution in [0.3, 0.4) is 0 Å². The number of nitrogens with zero attached hydrogens (tertiary/aromatic N) is 4. The first kappa shape index (κ1) is 18.7. The van der Waals surface area contributed by atoms with E-state index in [1.807, 2.05) is 69.9 Å². The van der Waals surface area contributed by atoms with Crippen LogP contribution in [-0.2, 0) is 24.5 Å². The van der Waals surface area contributed by atoms with Crippen LogP contribution in [0, 0.1) is 0 Å². The molecule has 0 atom stereocenters. The smallest absolute Gasteiger partial charge is 0.240 e. The van der Waals surface area contributed by atoms with Crippen LogP contribution >= 0.6 is 0 Å². The van der Waals surface area contributed by atoms with E-state index >= 15 is 0 Å². The van der Waals surface area contributed by atoms with Crippen LogP contribution in [0.1, 0.15) is 12.2 Å². The number of carbonyl (C=O) groups is 1. The average molecular weight is 389 g/mol. The van der Waals surface area contributed by atoms with Gasteiger partial charge in [0.1, 0.15) is 24.7 Å². The second-order valence-electron chi connectivity index (χ2n) is 6.71. The lowest BCUT2D eigenvalue weighted by molar-refractivity contribution is -0.121. The zero-order valence-electron chi connectivity index (χ0n) is 16.1. The van der Waals surface area contributed by atoms with Gasteiger partial charge in [0.2, 0.25) is 5.91 Å². The lowest BCUT2D eigenvalue weighted by Crippen LogP contribution is -2.29. The Labute approximate surface area is 169 Å². The molecule has 4 aromatic rings. The fraction of sp³-hybridized carbons (Fsp3) is 0.227. The molecule has 1 N–H and O–H groups in total. The lowest BCUT2D eigenvalue weighted by atomic mass is 10.3. The Morgan fingerprint density at radius 3 is 2.72 bits per heavy atom. The lowest BCUT2D eigenvalue weighted by Gasteiger charge is -2.11. The highest BCUT2D eigenvalue weighted by molar-refractivity contribution is 5.81. The van der Waals surface area contributed by atoms with Gasteiger partial charge in [0.05, 0.1) is 17.4 Å². The average Bonchev–Trinajstić information content (AvgIpc) is 3.39. The summed E-state index contributed by atoms with van der Waals surface area (Å²) in [5, 5.41) is 2.99. The van der Waals surface area contributed by atoms with Crippen LogP contribution in [-0.4, -0.2) is 31.6 Å². The summed E-state index contributed by atoms with van der Waals surface area (Å²) in [5.41, 5.74) is 1.78. The van der Waals surface area contributed by atoms with E-state index < -0.39 is 0 Å². The van der Waals surface area contributed by atoms with Crippen molar-refractivity contribution in [3.05, 3.63) is 79.1 Å². The van der Waals surface area contributed by atoms with Crippen LogP contribution < -0.4 is 10.1 Å². The molecule has 4 rings (SSSR count). The first-order valence-corrected chi connectivity index (χ1v) is 9.64. The number of nitrogens with one attached hydrogen (secondary N) is 1. The molecular formula is C22H23N5O2. The van der Waals surface area contributed by atoms with Crippen LogP contribution in [0.25, 0.3) is 11.0 Å². The van der Waals surface area contributed by atoms with Crippen molar-refractivity contribution >= 4 is 16.9 Å². The number of aromatic nitrogens is 4. The molecule has 0 unspecified atom stereocenters. The van der Waals surface area contributed by atoms with Gasteiger partial charge in [-0.15, -0.1) is 0 Å². The molecule has 0 spiro atoms. The van der Waals surface area contributed by atoms with Gasteiger partial charge in [-0.2, -0.15) is 0 Å². The van der Waals surface area contributed by atoms with E-state index in [0.717, 1.165) is 35.6 Å². The Bertz CT molecular complexity index is 1060.